The number of aromatic nitrogens is 4. The predicted octanol–water partition coefficient (Wildman–Crippen LogP) is 3.73. The molecule has 9 nitrogen and oxygen atoms in total. The molecule has 4 rings (SSSR count). The van der Waals surface area contributed by atoms with Crippen LogP contribution in [0.15, 0.2) is 73.1 Å². The largest absolute Gasteiger partial charge is 0.378 e. The molecule has 0 aliphatic heterocycles. The summed E-state index contributed by atoms with van der Waals surface area (Å²) in [6.07, 6.45) is 3.80. The summed E-state index contributed by atoms with van der Waals surface area (Å²) in [6.45, 7) is 3.89. The lowest BCUT2D eigenvalue weighted by atomic mass is 9.93. The number of benzene rings is 2. The highest BCUT2D eigenvalue weighted by atomic mass is 16.2. The van der Waals surface area contributed by atoms with Crippen LogP contribution in [0.4, 0.5) is 11.4 Å². The third-order valence-electron chi connectivity index (χ3n) is 6.48. The molecule has 1 atom stereocenters. The van der Waals surface area contributed by atoms with E-state index in [0.717, 1.165) is 16.8 Å². The topological polar surface area (TPSA) is 96.2 Å². The molecule has 1 N–H and O–H groups in total. The molecular weight excluding hydrogens is 454 g/mol. The van der Waals surface area contributed by atoms with Gasteiger partial charge in [0, 0.05) is 44.4 Å². The lowest BCUT2D eigenvalue weighted by molar-refractivity contribution is -0.146. The Morgan fingerprint density at radius 3 is 2.44 bits per heavy atom. The van der Waals surface area contributed by atoms with E-state index in [0.29, 0.717) is 17.6 Å². The zero-order valence-electron chi connectivity index (χ0n) is 21.0. The zero-order chi connectivity index (χ0) is 25.7. The van der Waals surface area contributed by atoms with Crippen LogP contribution in [0.3, 0.4) is 0 Å². The summed E-state index contributed by atoms with van der Waals surface area (Å²) >= 11 is 0. The smallest absolute Gasteiger partial charge is 0.250 e. The fraction of sp³-hybridized carbons (Fsp3) is 0.296. The van der Waals surface area contributed by atoms with Gasteiger partial charge in [0.2, 0.25) is 11.8 Å². The molecule has 36 heavy (non-hydrogen) atoms. The minimum Gasteiger partial charge on any atom is -0.378 e. The second-order valence-electron chi connectivity index (χ2n) is 9.10. The van der Waals surface area contributed by atoms with Crippen LogP contribution in [0.2, 0.25) is 0 Å². The number of carbonyl (C=O) groups excluding carboxylic acids is 2. The molecule has 0 fully saturated rings. The standard InChI is InChI=1S/C27H31N7O2/c1-5-27(2,26(36)29-21-12-14-22(15-13-21)32(3)4)33(18-20-9-8-16-28-17-20)25(35)19-34-24-11-7-6-10-23(24)30-31-34/h6-17H,5,18-19H2,1-4H3,(H,29,36). The van der Waals surface area contributed by atoms with Gasteiger partial charge in [-0.05, 0) is 61.4 Å². The van der Waals surface area contributed by atoms with E-state index in [2.05, 4.69) is 20.6 Å². The molecule has 9 heteroatoms. The van der Waals surface area contributed by atoms with E-state index in [1.165, 1.54) is 0 Å². The van der Waals surface area contributed by atoms with E-state index in [-0.39, 0.29) is 24.9 Å². The average Bonchev–Trinajstić information content (AvgIpc) is 3.30. The molecule has 4 aromatic rings. The number of hydrogen-bond acceptors (Lipinski definition) is 6. The second-order valence-corrected chi connectivity index (χ2v) is 9.10. The van der Waals surface area contributed by atoms with E-state index in [1.54, 1.807) is 28.9 Å². The maximum Gasteiger partial charge on any atom is 0.250 e. The van der Waals surface area contributed by atoms with E-state index < -0.39 is 5.54 Å². The maximum absolute atomic E-state index is 13.8. The number of nitrogens with one attached hydrogen (secondary N) is 1. The van der Waals surface area contributed by atoms with Gasteiger partial charge in [0.15, 0.2) is 0 Å². The van der Waals surface area contributed by atoms with Crippen LogP contribution in [-0.2, 0) is 22.7 Å². The fourth-order valence-corrected chi connectivity index (χ4v) is 4.04. The first-order valence-electron chi connectivity index (χ1n) is 11.9. The number of hydrogen-bond donors (Lipinski definition) is 1. The first-order valence-corrected chi connectivity index (χ1v) is 11.9. The normalized spacial score (nSPS) is 12.7. The maximum atomic E-state index is 13.8. The van der Waals surface area contributed by atoms with Crippen molar-refractivity contribution < 1.29 is 9.59 Å². The van der Waals surface area contributed by atoms with E-state index in [4.69, 9.17) is 0 Å². The van der Waals surface area contributed by atoms with Crippen molar-refractivity contribution in [2.24, 2.45) is 0 Å². The summed E-state index contributed by atoms with van der Waals surface area (Å²) in [7, 11) is 3.92. The van der Waals surface area contributed by atoms with Gasteiger partial charge in [0.1, 0.15) is 17.6 Å². The molecule has 2 aromatic heterocycles. The minimum absolute atomic E-state index is 0.0405. The number of para-hydroxylation sites is 1. The number of nitrogens with zero attached hydrogens (tertiary/aromatic N) is 6. The van der Waals surface area contributed by atoms with Crippen molar-refractivity contribution in [3.63, 3.8) is 0 Å². The van der Waals surface area contributed by atoms with Gasteiger partial charge in [-0.15, -0.1) is 5.10 Å². The summed E-state index contributed by atoms with van der Waals surface area (Å²) in [5.74, 6) is -0.500. The molecule has 2 amide bonds. The Morgan fingerprint density at radius 2 is 1.78 bits per heavy atom. The monoisotopic (exact) mass is 485 g/mol. The Morgan fingerprint density at radius 1 is 1.03 bits per heavy atom. The Hall–Kier alpha value is -4.27. The van der Waals surface area contributed by atoms with Crippen molar-refractivity contribution in [2.75, 3.05) is 24.3 Å². The lowest BCUT2D eigenvalue weighted by Crippen LogP contribution is -2.57. The molecule has 1 unspecified atom stereocenters. The fourth-order valence-electron chi connectivity index (χ4n) is 4.04. The highest BCUT2D eigenvalue weighted by Gasteiger charge is 2.41. The molecule has 0 bridgehead atoms. The van der Waals surface area contributed by atoms with Crippen molar-refractivity contribution in [3.8, 4) is 0 Å². The highest BCUT2D eigenvalue weighted by Crippen LogP contribution is 2.26. The summed E-state index contributed by atoms with van der Waals surface area (Å²) in [5, 5.41) is 11.3. The molecule has 2 aromatic carbocycles. The number of pyridine rings is 1. The summed E-state index contributed by atoms with van der Waals surface area (Å²) in [6, 6.07) is 18.8. The Labute approximate surface area is 210 Å². The molecule has 2 heterocycles. The number of rotatable bonds is 9. The summed E-state index contributed by atoms with van der Waals surface area (Å²) in [5.41, 5.74) is 2.87. The van der Waals surface area contributed by atoms with Gasteiger partial charge in [0.05, 0.1) is 5.52 Å². The van der Waals surface area contributed by atoms with Crippen molar-refractivity contribution in [3.05, 3.63) is 78.6 Å². The quantitative estimate of drug-likeness (QED) is 0.388. The van der Waals surface area contributed by atoms with E-state index in [9.17, 15) is 9.59 Å². The van der Waals surface area contributed by atoms with Crippen LogP contribution in [0, 0.1) is 0 Å². The van der Waals surface area contributed by atoms with Gasteiger partial charge in [-0.3, -0.25) is 14.6 Å². The van der Waals surface area contributed by atoms with Gasteiger partial charge >= 0.3 is 0 Å². The Kier molecular flexibility index (Phi) is 7.28. The van der Waals surface area contributed by atoms with Gasteiger partial charge in [-0.25, -0.2) is 4.68 Å². The molecule has 0 aliphatic rings. The van der Waals surface area contributed by atoms with E-state index >= 15 is 0 Å². The third kappa shape index (κ3) is 5.19. The Bertz CT molecular complexity index is 1340. The summed E-state index contributed by atoms with van der Waals surface area (Å²) in [4.78, 5) is 35.2. The van der Waals surface area contributed by atoms with Gasteiger partial charge in [-0.2, -0.15) is 0 Å². The van der Waals surface area contributed by atoms with Gasteiger partial charge in [-0.1, -0.05) is 30.3 Å². The number of anilines is 2. The number of amides is 2. The van der Waals surface area contributed by atoms with Crippen molar-refractivity contribution in [1.29, 1.82) is 0 Å². The molecular formula is C27H31N7O2. The number of fused-ring (bicyclic) bond motifs is 1. The van der Waals surface area contributed by atoms with Crippen LogP contribution >= 0.6 is 0 Å². The van der Waals surface area contributed by atoms with Crippen molar-refractivity contribution in [1.82, 2.24) is 24.9 Å². The molecule has 186 valence electrons. The van der Waals surface area contributed by atoms with Crippen LogP contribution in [0.25, 0.3) is 11.0 Å². The first-order chi connectivity index (χ1) is 17.3. The van der Waals surface area contributed by atoms with Crippen LogP contribution < -0.4 is 10.2 Å². The highest BCUT2D eigenvalue weighted by molar-refractivity contribution is 6.00. The molecule has 0 aliphatic carbocycles. The molecule has 0 saturated carbocycles. The van der Waals surface area contributed by atoms with Crippen molar-refractivity contribution >= 4 is 34.2 Å². The van der Waals surface area contributed by atoms with Crippen LogP contribution in [-0.4, -0.2) is 56.3 Å². The molecule has 0 radical (unpaired) electrons. The van der Waals surface area contributed by atoms with Crippen LogP contribution in [0.5, 0.6) is 0 Å². The lowest BCUT2D eigenvalue weighted by Gasteiger charge is -2.39. The molecule has 0 spiro atoms. The average molecular weight is 486 g/mol. The SMILES string of the molecule is CCC(C)(C(=O)Nc1ccc(N(C)C)cc1)N(Cc1cccnc1)C(=O)Cn1nnc2ccccc21. The van der Waals surface area contributed by atoms with E-state index in [1.807, 2.05) is 86.6 Å². The van der Waals surface area contributed by atoms with Crippen LogP contribution in [0.1, 0.15) is 25.8 Å². The van der Waals surface area contributed by atoms with Gasteiger partial charge < -0.3 is 15.1 Å². The Balaban J connectivity index is 1.63. The first kappa shape index (κ1) is 24.8. The predicted molar refractivity (Wildman–Crippen MR) is 140 cm³/mol. The minimum atomic E-state index is -1.12. The summed E-state index contributed by atoms with van der Waals surface area (Å²) < 4.78 is 1.57. The van der Waals surface area contributed by atoms with Gasteiger partial charge in [0.25, 0.3) is 0 Å². The molecule has 0 saturated heterocycles. The van der Waals surface area contributed by atoms with Crippen molar-refractivity contribution in [2.45, 2.75) is 38.9 Å². The second kappa shape index (κ2) is 10.6. The zero-order valence-corrected chi connectivity index (χ0v) is 21.0. The number of carbonyl (C=O) groups is 2. The third-order valence-corrected chi connectivity index (χ3v) is 6.48.